The van der Waals surface area contributed by atoms with Crippen LogP contribution in [0, 0.1) is 6.92 Å². The van der Waals surface area contributed by atoms with E-state index in [0.29, 0.717) is 5.89 Å². The van der Waals surface area contributed by atoms with Gasteiger partial charge in [0.15, 0.2) is 0 Å². The Bertz CT molecular complexity index is 585. The second-order valence-electron chi connectivity index (χ2n) is 3.47. The molecule has 0 unspecified atom stereocenters. The predicted octanol–water partition coefficient (Wildman–Crippen LogP) is 2.98. The minimum Gasteiger partial charge on any atom is -0.481 e. The lowest BCUT2D eigenvalue weighted by Gasteiger charge is -2.02. The van der Waals surface area contributed by atoms with Crippen LogP contribution in [0.2, 0.25) is 0 Å². The van der Waals surface area contributed by atoms with E-state index >= 15 is 0 Å². The van der Waals surface area contributed by atoms with Crippen LogP contribution in [0.15, 0.2) is 32.3 Å². The average molecular weight is 329 g/mol. The Balaban J connectivity index is 2.24. The van der Waals surface area contributed by atoms with Crippen molar-refractivity contribution in [3.8, 4) is 11.5 Å². The van der Waals surface area contributed by atoms with Gasteiger partial charge in [-0.25, -0.2) is 0 Å². The fourth-order valence-electron chi connectivity index (χ4n) is 1.34. The van der Waals surface area contributed by atoms with Gasteiger partial charge in [-0.05, 0) is 24.6 Å². The second-order valence-corrected chi connectivity index (χ2v) is 5.25. The zero-order valence-electron chi connectivity index (χ0n) is 9.38. The van der Waals surface area contributed by atoms with Gasteiger partial charge in [0, 0.05) is 10.0 Å². The molecular formula is C11H9BrN2O3S. The lowest BCUT2D eigenvalue weighted by Crippen LogP contribution is -1.97. The van der Waals surface area contributed by atoms with Crippen LogP contribution >= 0.6 is 27.7 Å². The minimum atomic E-state index is -0.918. The van der Waals surface area contributed by atoms with Gasteiger partial charge in [-0.2, -0.15) is 0 Å². The van der Waals surface area contributed by atoms with Crippen molar-refractivity contribution in [3.63, 3.8) is 0 Å². The van der Waals surface area contributed by atoms with Crippen LogP contribution in [0.3, 0.4) is 0 Å². The highest BCUT2D eigenvalue weighted by molar-refractivity contribution is 9.10. The Labute approximate surface area is 116 Å². The largest absolute Gasteiger partial charge is 0.481 e. The normalized spacial score (nSPS) is 10.6. The van der Waals surface area contributed by atoms with E-state index in [1.54, 1.807) is 0 Å². The molecule has 0 saturated carbocycles. The van der Waals surface area contributed by atoms with Crippen LogP contribution in [-0.4, -0.2) is 27.0 Å². The van der Waals surface area contributed by atoms with Gasteiger partial charge in [0.2, 0.25) is 5.89 Å². The van der Waals surface area contributed by atoms with Crippen molar-refractivity contribution in [2.45, 2.75) is 12.1 Å². The highest BCUT2D eigenvalue weighted by atomic mass is 79.9. The number of benzene rings is 1. The topological polar surface area (TPSA) is 76.2 Å². The highest BCUT2D eigenvalue weighted by Gasteiger charge is 2.13. The molecule has 0 fully saturated rings. The SMILES string of the molecule is Cc1c(Br)cccc1-c1nnc(SCC(=O)O)o1. The lowest BCUT2D eigenvalue weighted by atomic mass is 10.1. The predicted molar refractivity (Wildman–Crippen MR) is 70.5 cm³/mol. The van der Waals surface area contributed by atoms with Gasteiger partial charge in [0.05, 0.1) is 0 Å². The summed E-state index contributed by atoms with van der Waals surface area (Å²) < 4.78 is 6.37. The first-order chi connectivity index (χ1) is 8.58. The first-order valence-corrected chi connectivity index (χ1v) is 6.79. The summed E-state index contributed by atoms with van der Waals surface area (Å²) in [5.41, 5.74) is 1.83. The van der Waals surface area contributed by atoms with Gasteiger partial charge in [-0.1, -0.05) is 33.8 Å². The molecule has 1 N–H and O–H groups in total. The fourth-order valence-corrected chi connectivity index (χ4v) is 2.19. The Morgan fingerprint density at radius 1 is 1.50 bits per heavy atom. The monoisotopic (exact) mass is 328 g/mol. The third kappa shape index (κ3) is 2.91. The molecule has 0 aliphatic heterocycles. The molecule has 2 rings (SSSR count). The minimum absolute atomic E-state index is 0.0981. The summed E-state index contributed by atoms with van der Waals surface area (Å²) in [6.07, 6.45) is 0. The maximum absolute atomic E-state index is 10.4. The van der Waals surface area contributed by atoms with E-state index in [9.17, 15) is 4.79 Å². The van der Waals surface area contributed by atoms with Gasteiger partial charge < -0.3 is 9.52 Å². The van der Waals surface area contributed by atoms with Gasteiger partial charge >= 0.3 is 5.97 Å². The van der Waals surface area contributed by atoms with E-state index in [-0.39, 0.29) is 11.0 Å². The number of hydrogen-bond acceptors (Lipinski definition) is 5. The second kappa shape index (κ2) is 5.53. The molecule has 0 atom stereocenters. The standard InChI is InChI=1S/C11H9BrN2O3S/c1-6-7(3-2-4-8(6)12)10-13-14-11(17-10)18-5-9(15)16/h2-4H,5H2,1H3,(H,15,16). The van der Waals surface area contributed by atoms with Crippen LogP contribution in [-0.2, 0) is 4.79 Å². The molecule has 18 heavy (non-hydrogen) atoms. The lowest BCUT2D eigenvalue weighted by molar-refractivity contribution is -0.133. The number of carbonyl (C=O) groups is 1. The van der Waals surface area contributed by atoms with Crippen molar-refractivity contribution in [2.75, 3.05) is 5.75 Å². The summed E-state index contributed by atoms with van der Waals surface area (Å²) >= 11 is 4.43. The summed E-state index contributed by atoms with van der Waals surface area (Å²) in [6, 6.07) is 5.68. The van der Waals surface area contributed by atoms with E-state index in [2.05, 4.69) is 26.1 Å². The van der Waals surface area contributed by atoms with E-state index in [1.165, 1.54) is 0 Å². The quantitative estimate of drug-likeness (QED) is 0.869. The number of nitrogens with zero attached hydrogens (tertiary/aromatic N) is 2. The summed E-state index contributed by atoms with van der Waals surface area (Å²) in [5.74, 6) is -0.626. The van der Waals surface area contributed by atoms with Crippen molar-refractivity contribution in [1.82, 2.24) is 10.2 Å². The van der Waals surface area contributed by atoms with Crippen LogP contribution in [0.4, 0.5) is 0 Å². The molecule has 0 aliphatic rings. The van der Waals surface area contributed by atoms with Crippen molar-refractivity contribution >= 4 is 33.7 Å². The highest BCUT2D eigenvalue weighted by Crippen LogP contribution is 2.29. The maximum atomic E-state index is 10.4. The Morgan fingerprint density at radius 3 is 3.00 bits per heavy atom. The van der Waals surface area contributed by atoms with Crippen molar-refractivity contribution in [3.05, 3.63) is 28.2 Å². The number of hydrogen-bond donors (Lipinski definition) is 1. The molecule has 2 aromatic rings. The van der Waals surface area contributed by atoms with E-state index in [4.69, 9.17) is 9.52 Å². The van der Waals surface area contributed by atoms with Crippen LogP contribution in [0.5, 0.6) is 0 Å². The molecule has 1 aromatic heterocycles. The van der Waals surface area contributed by atoms with Gasteiger partial charge in [0.1, 0.15) is 5.75 Å². The first-order valence-electron chi connectivity index (χ1n) is 5.01. The molecule has 0 radical (unpaired) electrons. The van der Waals surface area contributed by atoms with Gasteiger partial charge in [0.25, 0.3) is 5.22 Å². The van der Waals surface area contributed by atoms with Crippen molar-refractivity contribution in [2.24, 2.45) is 0 Å². The number of carboxylic acids is 1. The molecule has 7 heteroatoms. The molecule has 0 spiro atoms. The van der Waals surface area contributed by atoms with Crippen molar-refractivity contribution < 1.29 is 14.3 Å². The summed E-state index contributed by atoms with van der Waals surface area (Å²) in [4.78, 5) is 10.4. The van der Waals surface area contributed by atoms with Crippen molar-refractivity contribution in [1.29, 1.82) is 0 Å². The third-order valence-corrected chi connectivity index (χ3v) is 3.89. The molecule has 5 nitrogen and oxygen atoms in total. The number of halogens is 1. The third-order valence-electron chi connectivity index (χ3n) is 2.22. The number of aliphatic carboxylic acids is 1. The summed E-state index contributed by atoms with van der Waals surface area (Å²) in [5, 5.41) is 16.5. The van der Waals surface area contributed by atoms with E-state index in [1.807, 2.05) is 25.1 Å². The first kappa shape index (κ1) is 13.1. The van der Waals surface area contributed by atoms with Gasteiger partial charge in [-0.15, -0.1) is 10.2 Å². The molecule has 0 amide bonds. The average Bonchev–Trinajstić information content (AvgIpc) is 2.78. The molecule has 94 valence electrons. The zero-order chi connectivity index (χ0) is 13.1. The Kier molecular flexibility index (Phi) is 4.03. The fraction of sp³-hybridized carbons (Fsp3) is 0.182. The van der Waals surface area contributed by atoms with Crippen LogP contribution in [0.25, 0.3) is 11.5 Å². The maximum Gasteiger partial charge on any atom is 0.314 e. The molecule has 0 saturated heterocycles. The molecule has 1 aromatic carbocycles. The number of carboxylic acid groups (broad SMARTS) is 1. The number of aromatic nitrogens is 2. The van der Waals surface area contributed by atoms with Crippen LogP contribution in [0.1, 0.15) is 5.56 Å². The van der Waals surface area contributed by atoms with Crippen LogP contribution < -0.4 is 0 Å². The van der Waals surface area contributed by atoms with E-state index < -0.39 is 5.97 Å². The summed E-state index contributed by atoms with van der Waals surface area (Å²) in [7, 11) is 0. The summed E-state index contributed by atoms with van der Waals surface area (Å²) in [6.45, 7) is 1.94. The molecule has 0 aliphatic carbocycles. The Hall–Kier alpha value is -1.34. The smallest absolute Gasteiger partial charge is 0.314 e. The van der Waals surface area contributed by atoms with Gasteiger partial charge in [-0.3, -0.25) is 4.79 Å². The molecule has 1 heterocycles. The molecular weight excluding hydrogens is 320 g/mol. The zero-order valence-corrected chi connectivity index (χ0v) is 11.8. The number of rotatable bonds is 4. The molecule has 0 bridgehead atoms. The number of thioether (sulfide) groups is 1. The van der Waals surface area contributed by atoms with E-state index in [0.717, 1.165) is 27.4 Å². The Morgan fingerprint density at radius 2 is 2.28 bits per heavy atom.